The third-order valence-corrected chi connectivity index (χ3v) is 5.60. The maximum Gasteiger partial charge on any atom is 0.257 e. The van der Waals surface area contributed by atoms with Gasteiger partial charge in [0.15, 0.2) is 5.78 Å². The van der Waals surface area contributed by atoms with Gasteiger partial charge < -0.3 is 5.32 Å². The molecule has 3 aromatic rings. The van der Waals surface area contributed by atoms with Crippen LogP contribution in [-0.2, 0) is 11.8 Å². The molecule has 0 saturated carbocycles. The average molecular weight is 434 g/mol. The number of amides is 1. The van der Waals surface area contributed by atoms with Gasteiger partial charge in [-0.25, -0.2) is 0 Å². The van der Waals surface area contributed by atoms with Crippen LogP contribution in [-0.4, -0.2) is 11.7 Å². The zero-order valence-corrected chi connectivity index (χ0v) is 19.0. The molecule has 0 bridgehead atoms. The highest BCUT2D eigenvalue weighted by atomic mass is 35.5. The van der Waals surface area contributed by atoms with E-state index in [1.54, 1.807) is 24.3 Å². The summed E-state index contributed by atoms with van der Waals surface area (Å²) in [5, 5.41) is 3.28. The standard InChI is InChI=1S/C27H28ClNO2/c1-27(2,3)21-15-13-20(14-16-21)25(30)10-6-7-19-11-17-22(18-12-19)29-26(31)23-8-4-5-9-24(23)28/h4-5,8-9,11-18H,6-7,10H2,1-3H3,(H,29,31). The lowest BCUT2D eigenvalue weighted by Gasteiger charge is -2.19. The number of hydrogen-bond donors (Lipinski definition) is 1. The predicted octanol–water partition coefficient (Wildman–Crippen LogP) is 7.10. The molecule has 4 heteroatoms. The molecule has 0 atom stereocenters. The molecule has 0 spiro atoms. The van der Waals surface area contributed by atoms with E-state index < -0.39 is 0 Å². The van der Waals surface area contributed by atoms with Crippen LogP contribution in [0.25, 0.3) is 0 Å². The van der Waals surface area contributed by atoms with Gasteiger partial charge >= 0.3 is 0 Å². The van der Waals surface area contributed by atoms with Crippen molar-refractivity contribution >= 4 is 29.0 Å². The monoisotopic (exact) mass is 433 g/mol. The maximum absolute atomic E-state index is 12.5. The fraction of sp³-hybridized carbons (Fsp3) is 0.259. The van der Waals surface area contributed by atoms with Gasteiger partial charge in [0.1, 0.15) is 0 Å². The molecule has 3 rings (SSSR count). The molecule has 1 N–H and O–H groups in total. The Hall–Kier alpha value is -2.91. The molecule has 0 aliphatic carbocycles. The van der Waals surface area contributed by atoms with Gasteiger partial charge in [0.2, 0.25) is 0 Å². The fourth-order valence-corrected chi connectivity index (χ4v) is 3.57. The number of nitrogens with one attached hydrogen (secondary N) is 1. The van der Waals surface area contributed by atoms with Crippen molar-refractivity contribution in [1.82, 2.24) is 0 Å². The van der Waals surface area contributed by atoms with Gasteiger partial charge in [0.05, 0.1) is 10.6 Å². The molecule has 0 aliphatic rings. The average Bonchev–Trinajstić information content (AvgIpc) is 2.74. The fourth-order valence-electron chi connectivity index (χ4n) is 3.35. The van der Waals surface area contributed by atoms with E-state index in [-0.39, 0.29) is 17.1 Å². The Kier molecular flexibility index (Phi) is 7.29. The maximum atomic E-state index is 12.5. The number of ketones is 1. The molecule has 0 aliphatic heterocycles. The van der Waals surface area contributed by atoms with Gasteiger partial charge in [-0.1, -0.05) is 80.9 Å². The van der Waals surface area contributed by atoms with Crippen LogP contribution in [0.1, 0.15) is 65.5 Å². The second kappa shape index (κ2) is 9.93. The third kappa shape index (κ3) is 6.28. The lowest BCUT2D eigenvalue weighted by Crippen LogP contribution is -2.12. The van der Waals surface area contributed by atoms with Gasteiger partial charge in [0.25, 0.3) is 5.91 Å². The lowest BCUT2D eigenvalue weighted by atomic mass is 9.86. The van der Waals surface area contributed by atoms with Crippen molar-refractivity contribution < 1.29 is 9.59 Å². The molecule has 160 valence electrons. The molecule has 0 fully saturated rings. The molecule has 0 unspecified atom stereocenters. The summed E-state index contributed by atoms with van der Waals surface area (Å²) in [5.41, 5.74) is 4.37. The molecule has 3 nitrogen and oxygen atoms in total. The third-order valence-electron chi connectivity index (χ3n) is 5.27. The summed E-state index contributed by atoms with van der Waals surface area (Å²) in [6.45, 7) is 6.49. The normalized spacial score (nSPS) is 11.2. The van der Waals surface area contributed by atoms with Gasteiger partial charge in [0, 0.05) is 17.7 Å². The van der Waals surface area contributed by atoms with Crippen LogP contribution in [0.15, 0.2) is 72.8 Å². The van der Waals surface area contributed by atoms with E-state index in [1.165, 1.54) is 5.56 Å². The minimum absolute atomic E-state index is 0.0839. The summed E-state index contributed by atoms with van der Waals surface area (Å²) in [7, 11) is 0. The zero-order chi connectivity index (χ0) is 22.4. The van der Waals surface area contributed by atoms with Gasteiger partial charge in [-0.15, -0.1) is 0 Å². The van der Waals surface area contributed by atoms with Crippen LogP contribution < -0.4 is 5.32 Å². The molecule has 0 heterocycles. The number of aryl methyl sites for hydroxylation is 1. The highest BCUT2D eigenvalue weighted by Crippen LogP contribution is 2.23. The Labute approximate surface area is 189 Å². The van der Waals surface area contributed by atoms with E-state index in [0.29, 0.717) is 22.7 Å². The number of Topliss-reactive ketones (excluding diaryl/α,β-unsaturated/α-hetero) is 1. The van der Waals surface area contributed by atoms with Crippen LogP contribution in [0.4, 0.5) is 5.69 Å². The SMILES string of the molecule is CC(C)(C)c1ccc(C(=O)CCCc2ccc(NC(=O)c3ccccc3Cl)cc2)cc1. The van der Waals surface area contributed by atoms with Gasteiger partial charge in [-0.3, -0.25) is 9.59 Å². The van der Waals surface area contributed by atoms with E-state index in [2.05, 4.69) is 26.1 Å². The summed E-state index contributed by atoms with van der Waals surface area (Å²) >= 11 is 6.08. The number of carbonyl (C=O) groups excluding carboxylic acids is 2. The Balaban J connectivity index is 1.50. The van der Waals surface area contributed by atoms with Crippen molar-refractivity contribution in [3.8, 4) is 0 Å². The van der Waals surface area contributed by atoms with Crippen molar-refractivity contribution in [2.75, 3.05) is 5.32 Å². The molecule has 0 aromatic heterocycles. The van der Waals surface area contributed by atoms with Crippen LogP contribution in [0.5, 0.6) is 0 Å². The first kappa shape index (κ1) is 22.8. The molecule has 0 saturated heterocycles. The minimum atomic E-state index is -0.235. The second-order valence-electron chi connectivity index (χ2n) is 8.73. The Bertz CT molecular complexity index is 1050. The number of halogens is 1. The number of anilines is 1. The van der Waals surface area contributed by atoms with E-state index in [9.17, 15) is 9.59 Å². The topological polar surface area (TPSA) is 46.2 Å². The minimum Gasteiger partial charge on any atom is -0.322 e. The van der Waals surface area contributed by atoms with Crippen LogP contribution in [0, 0.1) is 0 Å². The van der Waals surface area contributed by atoms with E-state index in [0.717, 1.165) is 24.0 Å². The first-order chi connectivity index (χ1) is 14.7. The lowest BCUT2D eigenvalue weighted by molar-refractivity contribution is 0.0978. The highest BCUT2D eigenvalue weighted by molar-refractivity contribution is 6.34. The Morgan fingerprint density at radius 3 is 2.13 bits per heavy atom. The van der Waals surface area contributed by atoms with Crippen molar-refractivity contribution in [2.45, 2.75) is 45.4 Å². The largest absolute Gasteiger partial charge is 0.322 e. The van der Waals surface area contributed by atoms with E-state index in [1.807, 2.05) is 48.5 Å². The summed E-state index contributed by atoms with van der Waals surface area (Å²) in [4.78, 5) is 24.8. The predicted molar refractivity (Wildman–Crippen MR) is 128 cm³/mol. The first-order valence-corrected chi connectivity index (χ1v) is 10.9. The number of rotatable bonds is 7. The smallest absolute Gasteiger partial charge is 0.257 e. The molecular formula is C27H28ClNO2. The number of benzene rings is 3. The molecule has 1 amide bonds. The highest BCUT2D eigenvalue weighted by Gasteiger charge is 2.14. The summed E-state index contributed by atoms with van der Waals surface area (Å²) in [6.07, 6.45) is 2.11. The summed E-state index contributed by atoms with van der Waals surface area (Å²) in [6, 6.07) is 22.6. The number of carbonyl (C=O) groups is 2. The van der Waals surface area contributed by atoms with E-state index >= 15 is 0 Å². The molecule has 31 heavy (non-hydrogen) atoms. The molecular weight excluding hydrogens is 406 g/mol. The van der Waals surface area contributed by atoms with Crippen LogP contribution in [0.3, 0.4) is 0 Å². The van der Waals surface area contributed by atoms with Crippen molar-refractivity contribution in [1.29, 1.82) is 0 Å². The van der Waals surface area contributed by atoms with Crippen molar-refractivity contribution in [3.63, 3.8) is 0 Å². The molecule has 3 aromatic carbocycles. The number of hydrogen-bond acceptors (Lipinski definition) is 2. The Morgan fingerprint density at radius 1 is 0.871 bits per heavy atom. The quantitative estimate of drug-likeness (QED) is 0.404. The van der Waals surface area contributed by atoms with Crippen LogP contribution >= 0.6 is 11.6 Å². The van der Waals surface area contributed by atoms with Gasteiger partial charge in [-0.05, 0) is 53.6 Å². The van der Waals surface area contributed by atoms with Crippen molar-refractivity contribution in [2.24, 2.45) is 0 Å². The Morgan fingerprint density at radius 2 is 1.52 bits per heavy atom. The second-order valence-corrected chi connectivity index (χ2v) is 9.14. The first-order valence-electron chi connectivity index (χ1n) is 10.5. The van der Waals surface area contributed by atoms with E-state index in [4.69, 9.17) is 11.6 Å². The van der Waals surface area contributed by atoms with Gasteiger partial charge in [-0.2, -0.15) is 0 Å². The summed E-state index contributed by atoms with van der Waals surface area (Å²) < 4.78 is 0. The molecule has 0 radical (unpaired) electrons. The van der Waals surface area contributed by atoms with Crippen molar-refractivity contribution in [3.05, 3.63) is 100 Å². The zero-order valence-electron chi connectivity index (χ0n) is 18.2. The van der Waals surface area contributed by atoms with Crippen LogP contribution in [0.2, 0.25) is 5.02 Å². The summed E-state index contributed by atoms with van der Waals surface area (Å²) in [5.74, 6) is -0.0643.